The lowest BCUT2D eigenvalue weighted by Gasteiger charge is -2.44. The van der Waals surface area contributed by atoms with Crippen molar-refractivity contribution < 1.29 is 14.7 Å². The smallest absolute Gasteiger partial charge is 0.236 e. The first-order valence-electron chi connectivity index (χ1n) is 10.3. The quantitative estimate of drug-likeness (QED) is 0.470. The van der Waals surface area contributed by atoms with Crippen LogP contribution >= 0.6 is 0 Å². The Bertz CT molecular complexity index is 1320. The maximum Gasteiger partial charge on any atom is 0.236 e. The molecule has 7 rings (SSSR count). The van der Waals surface area contributed by atoms with Crippen molar-refractivity contribution in [2.75, 3.05) is 0 Å². The molecule has 0 spiro atoms. The largest absolute Gasteiger partial charge is 0.507 e. The fourth-order valence-corrected chi connectivity index (χ4v) is 5.25. The van der Waals surface area contributed by atoms with E-state index < -0.39 is 11.6 Å². The zero-order valence-electron chi connectivity index (χ0n) is 16.6. The van der Waals surface area contributed by atoms with Crippen LogP contribution in [0.25, 0.3) is 6.08 Å². The van der Waals surface area contributed by atoms with Crippen LogP contribution in [0.15, 0.2) is 107 Å². The first kappa shape index (κ1) is 17.8. The molecule has 0 aromatic heterocycles. The number of hydrogen-bond donors (Lipinski definition) is 1. The van der Waals surface area contributed by atoms with Crippen LogP contribution in [0, 0.1) is 0 Å². The lowest BCUT2D eigenvalue weighted by atomic mass is 9.58. The van der Waals surface area contributed by atoms with Gasteiger partial charge in [0.25, 0.3) is 0 Å². The Balaban J connectivity index is 1.59. The average molecular weight is 402 g/mol. The predicted octanol–water partition coefficient (Wildman–Crippen LogP) is 5.25. The number of benzene rings is 3. The Morgan fingerprint density at radius 1 is 0.581 bits per heavy atom. The molecule has 4 aliphatic rings. The van der Waals surface area contributed by atoms with Gasteiger partial charge in [0, 0.05) is 23.0 Å². The number of allylic oxidation sites excluding steroid dienone is 4. The van der Waals surface area contributed by atoms with E-state index in [9.17, 15) is 14.7 Å². The molecule has 3 aromatic rings. The van der Waals surface area contributed by atoms with E-state index in [2.05, 4.69) is 12.1 Å². The third kappa shape index (κ3) is 2.40. The van der Waals surface area contributed by atoms with Gasteiger partial charge in [-0.3, -0.25) is 9.59 Å². The number of aliphatic hydroxyl groups is 1. The zero-order valence-corrected chi connectivity index (χ0v) is 16.6. The lowest BCUT2D eigenvalue weighted by Crippen LogP contribution is -2.38. The van der Waals surface area contributed by atoms with E-state index >= 15 is 0 Å². The molecule has 148 valence electrons. The fourth-order valence-electron chi connectivity index (χ4n) is 5.25. The van der Waals surface area contributed by atoms with Gasteiger partial charge in [0.2, 0.25) is 11.6 Å². The van der Waals surface area contributed by atoms with Crippen molar-refractivity contribution in [1.29, 1.82) is 0 Å². The Hall–Kier alpha value is -3.98. The zero-order chi connectivity index (χ0) is 21.1. The topological polar surface area (TPSA) is 54.4 Å². The lowest BCUT2D eigenvalue weighted by molar-refractivity contribution is -0.132. The monoisotopic (exact) mass is 402 g/mol. The van der Waals surface area contributed by atoms with Crippen LogP contribution < -0.4 is 0 Å². The first-order chi connectivity index (χ1) is 15.2. The number of hydrogen-bond acceptors (Lipinski definition) is 3. The van der Waals surface area contributed by atoms with Crippen molar-refractivity contribution in [1.82, 2.24) is 0 Å². The van der Waals surface area contributed by atoms with E-state index in [1.165, 1.54) is 0 Å². The predicted molar refractivity (Wildman–Crippen MR) is 119 cm³/mol. The van der Waals surface area contributed by atoms with E-state index in [-0.39, 0.29) is 23.2 Å². The summed E-state index contributed by atoms with van der Waals surface area (Å²) < 4.78 is 0. The molecule has 0 aliphatic heterocycles. The summed E-state index contributed by atoms with van der Waals surface area (Å²) in [5.41, 5.74) is 6.24. The molecule has 2 bridgehead atoms. The van der Waals surface area contributed by atoms with Crippen LogP contribution in [0.5, 0.6) is 0 Å². The summed E-state index contributed by atoms with van der Waals surface area (Å²) in [6.45, 7) is 0. The van der Waals surface area contributed by atoms with Crippen molar-refractivity contribution in [2.45, 2.75) is 11.8 Å². The molecule has 0 unspecified atom stereocenters. The highest BCUT2D eigenvalue weighted by atomic mass is 16.3. The van der Waals surface area contributed by atoms with Gasteiger partial charge in [-0.05, 0) is 33.9 Å². The second kappa shape index (κ2) is 6.51. The molecule has 0 saturated heterocycles. The van der Waals surface area contributed by atoms with Crippen LogP contribution in [0.2, 0.25) is 0 Å². The van der Waals surface area contributed by atoms with E-state index in [1.54, 1.807) is 12.2 Å². The SMILES string of the molecule is O=C1C(=O)C2=C(C(O)=C1/C=C/c1ccccc1)C1c3ccccc3C2c2ccccc21. The highest BCUT2D eigenvalue weighted by molar-refractivity contribution is 6.51. The number of carbonyl (C=O) groups excluding carboxylic acids is 2. The van der Waals surface area contributed by atoms with Crippen molar-refractivity contribution in [3.8, 4) is 0 Å². The van der Waals surface area contributed by atoms with Gasteiger partial charge >= 0.3 is 0 Å². The molecule has 1 N–H and O–H groups in total. The molecule has 0 amide bonds. The maximum absolute atomic E-state index is 13.3. The molecule has 0 radical (unpaired) electrons. The second-order valence-corrected chi connectivity index (χ2v) is 8.12. The third-order valence-electron chi connectivity index (χ3n) is 6.55. The summed E-state index contributed by atoms with van der Waals surface area (Å²) in [5, 5.41) is 11.3. The van der Waals surface area contributed by atoms with Gasteiger partial charge in [-0.25, -0.2) is 0 Å². The van der Waals surface area contributed by atoms with E-state index in [4.69, 9.17) is 0 Å². The molecule has 0 fully saturated rings. The van der Waals surface area contributed by atoms with Gasteiger partial charge < -0.3 is 5.11 Å². The van der Waals surface area contributed by atoms with Gasteiger partial charge in [0.1, 0.15) is 5.76 Å². The maximum atomic E-state index is 13.3. The van der Waals surface area contributed by atoms with Crippen LogP contribution in [-0.4, -0.2) is 16.7 Å². The van der Waals surface area contributed by atoms with E-state index in [1.807, 2.05) is 66.7 Å². The molecule has 0 heterocycles. The molecule has 3 aromatic carbocycles. The van der Waals surface area contributed by atoms with Crippen molar-refractivity contribution >= 4 is 17.6 Å². The van der Waals surface area contributed by atoms with Crippen LogP contribution in [0.4, 0.5) is 0 Å². The first-order valence-corrected chi connectivity index (χ1v) is 10.3. The number of carbonyl (C=O) groups is 2. The Kier molecular flexibility index (Phi) is 3.75. The molecular formula is C28H18O3. The average Bonchev–Trinajstić information content (AvgIpc) is 2.82. The van der Waals surface area contributed by atoms with E-state index in [0.29, 0.717) is 11.1 Å². The summed E-state index contributed by atoms with van der Waals surface area (Å²) in [6, 6.07) is 25.6. The number of rotatable bonds is 2. The van der Waals surface area contributed by atoms with Gasteiger partial charge in [-0.1, -0.05) is 84.9 Å². The molecule has 3 nitrogen and oxygen atoms in total. The highest BCUT2D eigenvalue weighted by Crippen LogP contribution is 2.58. The van der Waals surface area contributed by atoms with Crippen molar-refractivity contribution in [3.63, 3.8) is 0 Å². The van der Waals surface area contributed by atoms with Crippen LogP contribution in [-0.2, 0) is 9.59 Å². The summed E-state index contributed by atoms with van der Waals surface area (Å²) in [7, 11) is 0. The normalized spacial score (nSPS) is 21.4. The van der Waals surface area contributed by atoms with Gasteiger partial charge in [0.15, 0.2) is 0 Å². The van der Waals surface area contributed by atoms with E-state index in [0.717, 1.165) is 27.8 Å². The second-order valence-electron chi connectivity index (χ2n) is 8.12. The minimum Gasteiger partial charge on any atom is -0.507 e. The fraction of sp³-hybridized carbons (Fsp3) is 0.0714. The molecule has 0 atom stereocenters. The van der Waals surface area contributed by atoms with Gasteiger partial charge in [0.05, 0.1) is 5.57 Å². The van der Waals surface area contributed by atoms with Crippen molar-refractivity contribution in [3.05, 3.63) is 135 Å². The van der Waals surface area contributed by atoms with Gasteiger partial charge in [-0.15, -0.1) is 0 Å². The minimum absolute atomic E-state index is 0.0649. The van der Waals surface area contributed by atoms with Crippen LogP contribution in [0.3, 0.4) is 0 Å². The molecule has 0 saturated carbocycles. The van der Waals surface area contributed by atoms with Gasteiger partial charge in [-0.2, -0.15) is 0 Å². The highest BCUT2D eigenvalue weighted by Gasteiger charge is 2.50. The van der Waals surface area contributed by atoms with Crippen molar-refractivity contribution in [2.24, 2.45) is 0 Å². The summed E-state index contributed by atoms with van der Waals surface area (Å²) in [4.78, 5) is 26.4. The minimum atomic E-state index is -0.647. The molecule has 4 aliphatic carbocycles. The number of Topliss-reactive ketones (excluding diaryl/α,β-unsaturated/α-hetero) is 2. The summed E-state index contributed by atoms with van der Waals surface area (Å²) in [5.74, 6) is -1.83. The Morgan fingerprint density at radius 2 is 1.06 bits per heavy atom. The molecule has 31 heavy (non-hydrogen) atoms. The standard InChI is InChI=1S/C28H18O3/c29-26-21(15-14-16-8-2-1-3-9-16)27(30)28(31)25-23-19-12-6-4-10-17(19)22(24(25)26)18-11-5-7-13-20(18)23/h1-15,22-23,29H/b15-14+. The number of ketones is 2. The molecule has 3 heteroatoms. The number of aliphatic hydroxyl groups excluding tert-OH is 1. The third-order valence-corrected chi connectivity index (χ3v) is 6.55. The summed E-state index contributed by atoms with van der Waals surface area (Å²) >= 11 is 0. The Labute approximate surface area is 179 Å². The Morgan fingerprint density at radius 3 is 1.61 bits per heavy atom. The van der Waals surface area contributed by atoms with Crippen LogP contribution in [0.1, 0.15) is 39.7 Å². The summed E-state index contributed by atoms with van der Waals surface area (Å²) in [6.07, 6.45) is 3.32. The molecular weight excluding hydrogens is 384 g/mol.